The Kier molecular flexibility index (Phi) is 8.67. The van der Waals surface area contributed by atoms with Gasteiger partial charge in [-0.1, -0.05) is 18.2 Å². The van der Waals surface area contributed by atoms with Crippen molar-refractivity contribution in [2.45, 2.75) is 24.8 Å². The molecule has 26 heavy (non-hydrogen) atoms. The van der Waals surface area contributed by atoms with E-state index in [0.717, 1.165) is 29.5 Å². The fraction of sp³-hybridized carbons (Fsp3) is 0.429. The highest BCUT2D eigenvalue weighted by Crippen LogP contribution is 2.20. The third-order valence-electron chi connectivity index (χ3n) is 3.12. The highest BCUT2D eigenvalue weighted by atomic mass is 127. The van der Waals surface area contributed by atoms with Gasteiger partial charge in [0, 0.05) is 13.1 Å². The van der Waals surface area contributed by atoms with Gasteiger partial charge in [0.05, 0.1) is 0 Å². The van der Waals surface area contributed by atoms with E-state index in [1.807, 2.05) is 30.3 Å². The second-order valence-electron chi connectivity index (χ2n) is 5.03. The first-order valence-electron chi connectivity index (χ1n) is 7.29. The maximum atomic E-state index is 12.2. The Labute approximate surface area is 158 Å². The largest absolute Gasteiger partial charge is 0.741 e. The zero-order valence-corrected chi connectivity index (χ0v) is 16.3. The zero-order valence-electron chi connectivity index (χ0n) is 13.3. The molecule has 1 aliphatic heterocycles. The summed E-state index contributed by atoms with van der Waals surface area (Å²) in [7, 11) is -6.09. The van der Waals surface area contributed by atoms with Gasteiger partial charge in [-0.25, -0.2) is 8.42 Å². The van der Waals surface area contributed by atoms with Gasteiger partial charge in [0.15, 0.2) is 10.1 Å². The van der Waals surface area contributed by atoms with Crippen molar-refractivity contribution < 1.29 is 56.9 Å². The van der Waals surface area contributed by atoms with Crippen LogP contribution >= 0.6 is 0 Å². The van der Waals surface area contributed by atoms with Crippen LogP contribution in [-0.4, -0.2) is 50.9 Å². The van der Waals surface area contributed by atoms with Crippen molar-refractivity contribution in [3.8, 4) is 0 Å². The lowest BCUT2D eigenvalue weighted by Crippen LogP contribution is -3.65. The molecule has 1 aromatic rings. The number of rotatable bonds is 3. The Morgan fingerprint density at radius 1 is 1.15 bits per heavy atom. The molecule has 144 valence electrons. The van der Waals surface area contributed by atoms with E-state index in [-0.39, 0.29) is 5.91 Å². The van der Waals surface area contributed by atoms with E-state index in [2.05, 4.69) is 4.79 Å². The molecule has 0 bridgehead atoms. The van der Waals surface area contributed by atoms with Gasteiger partial charge in [-0.3, -0.25) is 4.79 Å². The Hall–Kier alpha value is -1.50. The van der Waals surface area contributed by atoms with Crippen LogP contribution in [-0.2, 0) is 14.9 Å². The minimum absolute atomic E-state index is 0.0890. The minimum Gasteiger partial charge on any atom is -0.741 e. The van der Waals surface area contributed by atoms with E-state index in [4.69, 9.17) is 18.5 Å². The fourth-order valence-electron chi connectivity index (χ4n) is 1.91. The molecule has 0 atom stereocenters. The first-order chi connectivity index (χ1) is 12.1. The Balaban J connectivity index is 0.000000359. The highest BCUT2D eigenvalue weighted by Gasteiger charge is 2.41. The van der Waals surface area contributed by atoms with Crippen molar-refractivity contribution in [3.63, 3.8) is 0 Å². The molecule has 1 fully saturated rings. The molecule has 1 amide bonds. The molecule has 1 heterocycles. The Morgan fingerprint density at radius 2 is 1.65 bits per heavy atom. The van der Waals surface area contributed by atoms with E-state index in [0.29, 0.717) is 3.72 Å². The molecule has 0 saturated carbocycles. The number of hydrogen-bond acceptors (Lipinski definition) is 4. The molecule has 0 aliphatic carbocycles. The van der Waals surface area contributed by atoms with Crippen molar-refractivity contribution in [3.05, 3.63) is 39.4 Å². The van der Waals surface area contributed by atoms with Crippen LogP contribution in [0.5, 0.6) is 0 Å². The lowest BCUT2D eigenvalue weighted by Gasteiger charge is -2.23. The van der Waals surface area contributed by atoms with Crippen LogP contribution in [0.15, 0.2) is 30.3 Å². The third-order valence-corrected chi connectivity index (χ3v) is 6.22. The third kappa shape index (κ3) is 7.40. The van der Waals surface area contributed by atoms with Crippen LogP contribution in [0.2, 0.25) is 0 Å². The molecule has 0 N–H and O–H groups in total. The van der Waals surface area contributed by atoms with E-state index >= 15 is 0 Å². The van der Waals surface area contributed by atoms with Crippen LogP contribution in [0.3, 0.4) is 0 Å². The fourth-order valence-corrected chi connectivity index (χ4v) is 3.96. The molecule has 0 unspecified atom stereocenters. The lowest BCUT2D eigenvalue weighted by atomic mass is 10.1. The second kappa shape index (κ2) is 10.00. The minimum atomic E-state index is -6.09. The number of carbonyl (C=O) groups excluding carboxylic acids is 1. The molecule has 1 aliphatic rings. The van der Waals surface area contributed by atoms with Crippen LogP contribution in [0.1, 0.15) is 19.3 Å². The molecule has 7 nitrogen and oxygen atoms in total. The summed E-state index contributed by atoms with van der Waals surface area (Å²) in [6.07, 6.45) is 3.28. The summed E-state index contributed by atoms with van der Waals surface area (Å²) in [5.74, 6) is -0.0890. The van der Waals surface area contributed by atoms with Crippen molar-refractivity contribution in [1.82, 2.24) is 4.90 Å². The zero-order chi connectivity index (χ0) is 19.8. The number of benzene rings is 1. The summed E-state index contributed by atoms with van der Waals surface area (Å²) < 4.78 is 60.3. The number of halogens is 4. The summed E-state index contributed by atoms with van der Waals surface area (Å²) in [4.78, 5) is 17.2. The number of alkyl halides is 3. The highest BCUT2D eigenvalue weighted by molar-refractivity contribution is 7.86. The van der Waals surface area contributed by atoms with Crippen molar-refractivity contribution in [2.75, 3.05) is 13.1 Å². The van der Waals surface area contributed by atoms with E-state index in [1.54, 1.807) is 4.90 Å². The van der Waals surface area contributed by atoms with Crippen LogP contribution in [0.4, 0.5) is 13.2 Å². The predicted molar refractivity (Wildman–Crippen MR) is 79.9 cm³/mol. The van der Waals surface area contributed by atoms with Crippen molar-refractivity contribution in [2.24, 2.45) is 0 Å². The van der Waals surface area contributed by atoms with Gasteiger partial charge in [-0.05, 0) is 31.4 Å². The van der Waals surface area contributed by atoms with Gasteiger partial charge in [-0.15, -0.1) is 4.79 Å². The van der Waals surface area contributed by atoms with Crippen LogP contribution in [0.25, 0.3) is 5.53 Å². The number of piperidine rings is 1. The monoisotopic (exact) mass is 505 g/mol. The van der Waals surface area contributed by atoms with Crippen molar-refractivity contribution in [1.29, 1.82) is 0 Å². The standard InChI is InChI=1S/C13H15IN3O.CHF3O3S/c15-16-12(14-11-7-3-1-4-8-11)13(18)17-9-5-2-6-10-17;2-1(3,4)8(5,6)7/h1,3-4,7-8H,2,5-6,9-10H2;(H,5,6,7)/q+1;/p-1. The first kappa shape index (κ1) is 22.5. The molecular weight excluding hydrogens is 490 g/mol. The number of amides is 1. The molecule has 1 aromatic carbocycles. The Bertz CT molecular complexity index is 759. The predicted octanol–water partition coefficient (Wildman–Crippen LogP) is -1.36. The van der Waals surface area contributed by atoms with Crippen LogP contribution < -0.4 is 21.2 Å². The van der Waals surface area contributed by atoms with Gasteiger partial charge in [0.2, 0.25) is 3.57 Å². The van der Waals surface area contributed by atoms with E-state index in [1.165, 1.54) is 6.42 Å². The number of nitrogens with zero attached hydrogens (tertiary/aromatic N) is 3. The van der Waals surface area contributed by atoms with Gasteiger partial charge >= 0.3 is 36.3 Å². The maximum Gasteiger partial charge on any atom is 0.583 e. The summed E-state index contributed by atoms with van der Waals surface area (Å²) in [5.41, 5.74) is 3.41. The van der Waals surface area contributed by atoms with Crippen LogP contribution in [0, 0.1) is 3.57 Å². The molecule has 0 spiro atoms. The molecule has 0 radical (unpaired) electrons. The summed E-state index contributed by atoms with van der Waals surface area (Å²) in [6.45, 7) is 1.58. The molecule has 0 aromatic heterocycles. The molecule has 12 heteroatoms. The lowest BCUT2D eigenvalue weighted by molar-refractivity contribution is -0.526. The van der Waals surface area contributed by atoms with Gasteiger partial charge in [0.25, 0.3) is 0 Å². The number of likely N-dealkylation sites (tertiary alicyclic amines) is 1. The van der Waals surface area contributed by atoms with E-state index in [9.17, 15) is 18.0 Å². The normalized spacial score (nSPS) is 14.7. The second-order valence-corrected chi connectivity index (χ2v) is 9.21. The first-order valence-corrected chi connectivity index (χ1v) is 10.9. The van der Waals surface area contributed by atoms with E-state index < -0.39 is 36.8 Å². The molecule has 2 rings (SSSR count). The van der Waals surface area contributed by atoms with Gasteiger partial charge < -0.3 is 15.0 Å². The summed E-state index contributed by atoms with van der Waals surface area (Å²) in [6, 6.07) is 9.77. The maximum absolute atomic E-state index is 12.2. The number of hydrogen-bond donors (Lipinski definition) is 0. The summed E-state index contributed by atoms with van der Waals surface area (Å²) in [5, 5.41) is 0. The average Bonchev–Trinajstić information content (AvgIpc) is 2.59. The number of carbonyl (C=O) groups is 1. The molecule has 1 saturated heterocycles. The topological polar surface area (TPSA) is 114 Å². The quantitative estimate of drug-likeness (QED) is 0.126. The van der Waals surface area contributed by atoms with Gasteiger partial charge in [-0.2, -0.15) is 13.2 Å². The van der Waals surface area contributed by atoms with Gasteiger partial charge in [0.1, 0.15) is 0 Å². The summed E-state index contributed by atoms with van der Waals surface area (Å²) >= 11 is -0.698. The van der Waals surface area contributed by atoms with Crippen molar-refractivity contribution >= 4 is 19.7 Å². The average molecular weight is 505 g/mol. The Morgan fingerprint density at radius 3 is 2.08 bits per heavy atom. The SMILES string of the molecule is O=S(=O)([O-])C(F)(F)F.[N-]=[N+]=C([I+]c1ccccc1)C(=O)N1CCCCC1. The molecular formula is C14H15F3IN3O4S. The smallest absolute Gasteiger partial charge is 0.583 e.